The Balaban J connectivity index is 0.000000324. The summed E-state index contributed by atoms with van der Waals surface area (Å²) in [7, 11) is 0. The first-order valence-corrected chi connectivity index (χ1v) is 17.5. The molecule has 0 saturated carbocycles. The highest BCUT2D eigenvalue weighted by Crippen LogP contribution is 2.33. The first kappa shape index (κ1) is 41.3. The van der Waals surface area contributed by atoms with Crippen molar-refractivity contribution in [2.75, 3.05) is 0 Å². The molecule has 0 spiro atoms. The number of benzene rings is 5. The molecule has 0 unspecified atom stereocenters. The van der Waals surface area contributed by atoms with Crippen molar-refractivity contribution >= 4 is 28.2 Å². The summed E-state index contributed by atoms with van der Waals surface area (Å²) in [5.41, 5.74) is 7.63. The number of hydrogen-bond acceptors (Lipinski definition) is 0. The van der Waals surface area contributed by atoms with Gasteiger partial charge in [0.2, 0.25) is 0 Å². The van der Waals surface area contributed by atoms with E-state index in [4.69, 9.17) is 0 Å². The van der Waals surface area contributed by atoms with E-state index in [0.29, 0.717) is 12.8 Å². The molecule has 11 heteroatoms. The van der Waals surface area contributed by atoms with Gasteiger partial charge < -0.3 is 5.73 Å². The van der Waals surface area contributed by atoms with Gasteiger partial charge in [0.25, 0.3) is 0 Å². The van der Waals surface area contributed by atoms with Crippen LogP contribution in [-0.4, -0.2) is 6.15 Å². The fourth-order valence-corrected chi connectivity index (χ4v) is 6.96. The van der Waals surface area contributed by atoms with Gasteiger partial charge in [0.1, 0.15) is 5.69 Å². The summed E-state index contributed by atoms with van der Waals surface area (Å²) in [6.45, 7) is 6.26. The van der Waals surface area contributed by atoms with Crippen LogP contribution >= 0.6 is 0 Å². The molecule has 3 N–H and O–H groups in total. The van der Waals surface area contributed by atoms with E-state index in [1.807, 2.05) is 6.92 Å². The summed E-state index contributed by atoms with van der Waals surface area (Å²) in [6, 6.07) is 27.4. The third-order valence-electron chi connectivity index (χ3n) is 10.1. The van der Waals surface area contributed by atoms with E-state index in [2.05, 4.69) is 62.0 Å². The fraction of sp³-hybridized carbons (Fsp3) is 0.286. The molecule has 0 aromatic heterocycles. The van der Waals surface area contributed by atoms with Crippen molar-refractivity contribution in [3.05, 3.63) is 154 Å². The number of alkyl halides is 9. The topological polar surface area (TPSA) is 27.6 Å². The van der Waals surface area contributed by atoms with Gasteiger partial charge in [0, 0.05) is 5.56 Å². The lowest BCUT2D eigenvalue weighted by Crippen LogP contribution is -2.67. The van der Waals surface area contributed by atoms with E-state index in [9.17, 15) is 39.5 Å². The van der Waals surface area contributed by atoms with Crippen LogP contribution in [0.2, 0.25) is 6.32 Å². The predicted octanol–water partition coefficient (Wildman–Crippen LogP) is 10.6. The molecule has 282 valence electrons. The van der Waals surface area contributed by atoms with Crippen molar-refractivity contribution in [1.82, 2.24) is 0 Å². The summed E-state index contributed by atoms with van der Waals surface area (Å²) in [4.78, 5) is 0. The Morgan fingerprint density at radius 1 is 0.509 bits per heavy atom. The van der Waals surface area contributed by atoms with Crippen molar-refractivity contribution in [3.8, 4) is 0 Å². The molecule has 5 rings (SSSR count). The number of hydrogen-bond donors (Lipinski definition) is 1. The van der Waals surface area contributed by atoms with E-state index in [1.54, 1.807) is 0 Å². The van der Waals surface area contributed by atoms with Crippen molar-refractivity contribution < 1.29 is 45.2 Å². The molecule has 5 aromatic rings. The minimum atomic E-state index is -4.75. The van der Waals surface area contributed by atoms with E-state index >= 15 is 0 Å². The molecule has 0 aliphatic carbocycles. The second-order valence-electron chi connectivity index (χ2n) is 13.6. The lowest BCUT2D eigenvalue weighted by Gasteiger charge is -2.44. The summed E-state index contributed by atoms with van der Waals surface area (Å²) in [5.74, 6) is 0. The highest BCUT2D eigenvalue weighted by atomic mass is 19.4. The van der Waals surface area contributed by atoms with E-state index in [-0.39, 0.29) is 22.7 Å². The van der Waals surface area contributed by atoms with Gasteiger partial charge in [-0.3, -0.25) is 0 Å². The lowest BCUT2D eigenvalue weighted by atomic mass is 9.14. The Hall–Kier alpha value is -4.51. The zero-order valence-corrected chi connectivity index (χ0v) is 29.9. The molecule has 0 atom stereocenters. The molecule has 0 fully saturated rings. The minimum absolute atomic E-state index is 0.0324. The van der Waals surface area contributed by atoms with Gasteiger partial charge in [0.05, 0.1) is 22.8 Å². The molecule has 0 amide bonds. The van der Waals surface area contributed by atoms with Crippen molar-refractivity contribution in [2.45, 2.75) is 77.7 Å². The monoisotopic (exact) mass is 743 g/mol. The fourth-order valence-electron chi connectivity index (χ4n) is 6.96. The average molecular weight is 744 g/mol. The van der Waals surface area contributed by atoms with E-state index < -0.39 is 41.4 Å². The SMILES string of the molecule is CCCCCC[B-](c1cccc(C(F)(F)F)c1)(c1cccc(C(F)(F)F)c1)c1cccc(C(F)(F)F)c1.Cc1c([NH3+])ccc(Cc2ccccc2)c1C. The number of unbranched alkanes of at least 4 members (excludes halogenated alkanes) is 3. The maximum atomic E-state index is 13.7. The van der Waals surface area contributed by atoms with E-state index in [0.717, 1.165) is 79.5 Å². The van der Waals surface area contributed by atoms with Crippen LogP contribution < -0.4 is 22.1 Å². The van der Waals surface area contributed by atoms with Crippen LogP contribution in [0.4, 0.5) is 45.2 Å². The van der Waals surface area contributed by atoms with Gasteiger partial charge in [-0.1, -0.05) is 142 Å². The van der Waals surface area contributed by atoms with Crippen LogP contribution in [0, 0.1) is 13.8 Å². The van der Waals surface area contributed by atoms with Gasteiger partial charge in [-0.2, -0.15) is 62.2 Å². The van der Waals surface area contributed by atoms with Crippen LogP contribution in [0.1, 0.15) is 71.6 Å². The highest BCUT2D eigenvalue weighted by molar-refractivity contribution is 7.11. The second kappa shape index (κ2) is 17.1. The van der Waals surface area contributed by atoms with E-state index in [1.165, 1.54) is 40.5 Å². The molecule has 5 aromatic carbocycles. The highest BCUT2D eigenvalue weighted by Gasteiger charge is 2.38. The largest absolute Gasteiger partial charge is 0.416 e. The molecule has 0 saturated heterocycles. The standard InChI is InChI=1S/C27H25BF9.C15H17N/c1-2-3-4-5-15-28(22-12-6-9-19(16-22)25(29,30)31,23-13-7-10-20(17-23)26(32,33)34)24-14-8-11-21(18-24)27(35,36)37;1-11-12(2)15(16)9-8-14(11)10-13-6-4-3-5-7-13/h6-14,16-18H,2-5,15H2,1H3;3-9H,10,16H2,1-2H3/q-1;/p+1. The van der Waals surface area contributed by atoms with Crippen LogP contribution in [-0.2, 0) is 24.9 Å². The molecular weight excluding hydrogens is 700 g/mol. The third-order valence-corrected chi connectivity index (χ3v) is 10.1. The second-order valence-corrected chi connectivity index (χ2v) is 13.6. The zero-order chi connectivity index (χ0) is 39.0. The summed E-state index contributed by atoms with van der Waals surface area (Å²) < 4.78 is 123. The number of halogens is 9. The summed E-state index contributed by atoms with van der Waals surface area (Å²) in [5, 5.41) is 0. The van der Waals surface area contributed by atoms with Crippen molar-refractivity contribution in [3.63, 3.8) is 0 Å². The Kier molecular flexibility index (Phi) is 13.3. The molecule has 53 heavy (non-hydrogen) atoms. The molecule has 0 radical (unpaired) electrons. The van der Waals surface area contributed by atoms with Gasteiger partial charge in [-0.05, 0) is 43.0 Å². The normalized spacial score (nSPS) is 12.3. The lowest BCUT2D eigenvalue weighted by molar-refractivity contribution is -0.255. The molecule has 0 aliphatic rings. The van der Waals surface area contributed by atoms with Crippen LogP contribution in [0.15, 0.2) is 115 Å². The average Bonchev–Trinajstić information content (AvgIpc) is 3.12. The maximum absolute atomic E-state index is 13.7. The Morgan fingerprint density at radius 2 is 0.962 bits per heavy atom. The minimum Gasteiger partial charge on any atom is -0.325 e. The Bertz CT molecular complexity index is 1810. The first-order chi connectivity index (χ1) is 24.9. The van der Waals surface area contributed by atoms with Crippen molar-refractivity contribution in [1.29, 1.82) is 0 Å². The maximum Gasteiger partial charge on any atom is 0.416 e. The smallest absolute Gasteiger partial charge is 0.325 e. The Labute approximate surface area is 305 Å². The third kappa shape index (κ3) is 10.3. The van der Waals surface area contributed by atoms with Gasteiger partial charge in [-0.15, -0.1) is 0 Å². The van der Waals surface area contributed by atoms with Crippen LogP contribution in [0.5, 0.6) is 0 Å². The molecule has 0 heterocycles. The molecule has 0 aliphatic heterocycles. The summed E-state index contributed by atoms with van der Waals surface area (Å²) >= 11 is 0. The quantitative estimate of drug-likeness (QED) is 0.0838. The molecular formula is C42H43BF9N. The van der Waals surface area contributed by atoms with Gasteiger partial charge in [-0.25, -0.2) is 0 Å². The predicted molar refractivity (Wildman–Crippen MR) is 196 cm³/mol. The zero-order valence-electron chi connectivity index (χ0n) is 29.9. The number of quaternary nitrogens is 1. The molecule has 1 nitrogen and oxygen atoms in total. The van der Waals surface area contributed by atoms with Gasteiger partial charge >= 0.3 is 18.5 Å². The first-order valence-electron chi connectivity index (χ1n) is 17.5. The van der Waals surface area contributed by atoms with Gasteiger partial charge in [0.15, 0.2) is 0 Å². The van der Waals surface area contributed by atoms with Crippen LogP contribution in [0.25, 0.3) is 0 Å². The molecule has 0 bridgehead atoms. The summed E-state index contributed by atoms with van der Waals surface area (Å²) in [6.07, 6.45) is -13.2. The number of rotatable bonds is 10. The van der Waals surface area contributed by atoms with Crippen LogP contribution in [0.3, 0.4) is 0 Å². The Morgan fingerprint density at radius 3 is 1.38 bits per heavy atom. The van der Waals surface area contributed by atoms with Crippen molar-refractivity contribution in [2.24, 2.45) is 0 Å².